The highest BCUT2D eigenvalue weighted by atomic mass is 16.7. The Morgan fingerprint density at radius 3 is 2.13 bits per heavy atom. The highest BCUT2D eigenvalue weighted by molar-refractivity contribution is 6.24. The fourth-order valence-electron chi connectivity index (χ4n) is 2.48. The Kier molecular flexibility index (Phi) is 3.82. The lowest BCUT2D eigenvalue weighted by Crippen LogP contribution is -2.36. The summed E-state index contributed by atoms with van der Waals surface area (Å²) in [5.74, 6) is -0.151. The van der Waals surface area contributed by atoms with Crippen molar-refractivity contribution in [1.29, 1.82) is 0 Å². The summed E-state index contributed by atoms with van der Waals surface area (Å²) >= 11 is 0. The van der Waals surface area contributed by atoms with Gasteiger partial charge in [-0.2, -0.15) is 0 Å². The van der Waals surface area contributed by atoms with Gasteiger partial charge in [0.25, 0.3) is 0 Å². The molecule has 0 aliphatic carbocycles. The van der Waals surface area contributed by atoms with Crippen LogP contribution in [0.2, 0.25) is 0 Å². The van der Waals surface area contributed by atoms with E-state index in [1.165, 1.54) is 0 Å². The molecule has 118 valence electrons. The third kappa shape index (κ3) is 3.06. The fourth-order valence-corrected chi connectivity index (χ4v) is 2.48. The molecular formula is C19H18O4. The molecule has 23 heavy (non-hydrogen) atoms. The maximum Gasteiger partial charge on any atom is 0.345 e. The zero-order valence-electron chi connectivity index (χ0n) is 13.3. The van der Waals surface area contributed by atoms with Crippen molar-refractivity contribution in [2.75, 3.05) is 7.11 Å². The Morgan fingerprint density at radius 1 is 0.870 bits per heavy atom. The first-order valence-electron chi connectivity index (χ1n) is 7.37. The Labute approximate surface area is 135 Å². The van der Waals surface area contributed by atoms with Crippen LogP contribution in [0.4, 0.5) is 0 Å². The molecule has 0 spiro atoms. The Bertz CT molecular complexity index is 743. The lowest BCUT2D eigenvalue weighted by molar-refractivity contribution is -0.191. The van der Waals surface area contributed by atoms with E-state index in [2.05, 4.69) is 0 Å². The molecule has 0 N–H and O–H groups in total. The molecule has 1 heterocycles. The van der Waals surface area contributed by atoms with E-state index in [1.807, 2.05) is 42.5 Å². The van der Waals surface area contributed by atoms with Crippen molar-refractivity contribution in [1.82, 2.24) is 0 Å². The second-order valence-corrected chi connectivity index (χ2v) is 5.69. The van der Waals surface area contributed by atoms with Gasteiger partial charge in [0.2, 0.25) is 5.79 Å². The van der Waals surface area contributed by atoms with Crippen LogP contribution in [0, 0.1) is 0 Å². The number of hydrogen-bond acceptors (Lipinski definition) is 4. The first-order valence-corrected chi connectivity index (χ1v) is 7.37. The summed E-state index contributed by atoms with van der Waals surface area (Å²) in [5.41, 5.74) is 1.98. The molecule has 1 aliphatic heterocycles. The van der Waals surface area contributed by atoms with Crippen molar-refractivity contribution in [3.05, 3.63) is 65.7 Å². The normalized spacial score (nSPS) is 16.6. The van der Waals surface area contributed by atoms with Crippen LogP contribution in [0.1, 0.15) is 25.0 Å². The van der Waals surface area contributed by atoms with E-state index in [0.29, 0.717) is 11.3 Å². The minimum atomic E-state index is -1.00. The van der Waals surface area contributed by atoms with Crippen molar-refractivity contribution in [3.8, 4) is 5.75 Å². The standard InChI is InChI=1S/C19H18O4/c1-19(2)22-17(14-7-5-4-6-8-14)16(18(20)23-19)13-9-11-15(21-3)12-10-13/h4-12H,1-3H3. The van der Waals surface area contributed by atoms with Gasteiger partial charge in [-0.15, -0.1) is 0 Å². The van der Waals surface area contributed by atoms with Crippen molar-refractivity contribution >= 4 is 17.3 Å². The molecule has 0 aromatic heterocycles. The van der Waals surface area contributed by atoms with Gasteiger partial charge >= 0.3 is 5.97 Å². The summed E-state index contributed by atoms with van der Waals surface area (Å²) in [6.45, 7) is 3.44. The van der Waals surface area contributed by atoms with Crippen LogP contribution in [0.5, 0.6) is 5.75 Å². The zero-order valence-corrected chi connectivity index (χ0v) is 13.3. The number of carbonyl (C=O) groups is 1. The molecule has 4 heteroatoms. The highest BCUT2D eigenvalue weighted by Gasteiger charge is 2.37. The minimum Gasteiger partial charge on any atom is -0.497 e. The molecule has 0 unspecified atom stereocenters. The lowest BCUT2D eigenvalue weighted by Gasteiger charge is -2.33. The predicted octanol–water partition coefficient (Wildman–Crippen LogP) is 3.87. The molecule has 1 aliphatic rings. The maximum atomic E-state index is 12.6. The van der Waals surface area contributed by atoms with Gasteiger partial charge in [-0.05, 0) is 17.7 Å². The molecule has 3 rings (SSSR count). The second-order valence-electron chi connectivity index (χ2n) is 5.69. The molecule has 0 radical (unpaired) electrons. The van der Waals surface area contributed by atoms with Crippen LogP contribution in [-0.2, 0) is 14.3 Å². The average Bonchev–Trinajstić information content (AvgIpc) is 2.54. The first-order chi connectivity index (χ1) is 11.0. The third-order valence-electron chi connectivity index (χ3n) is 3.53. The topological polar surface area (TPSA) is 44.8 Å². The van der Waals surface area contributed by atoms with E-state index in [1.54, 1.807) is 33.1 Å². The van der Waals surface area contributed by atoms with Crippen LogP contribution >= 0.6 is 0 Å². The zero-order chi connectivity index (χ0) is 16.4. The molecule has 2 aromatic rings. The summed E-state index contributed by atoms with van der Waals surface area (Å²) in [4.78, 5) is 12.6. The number of esters is 1. The Balaban J connectivity index is 2.16. The number of benzene rings is 2. The largest absolute Gasteiger partial charge is 0.497 e. The summed E-state index contributed by atoms with van der Waals surface area (Å²) in [7, 11) is 1.60. The summed E-state index contributed by atoms with van der Waals surface area (Å²) in [5, 5.41) is 0. The van der Waals surface area contributed by atoms with Crippen molar-refractivity contribution in [2.24, 2.45) is 0 Å². The number of ether oxygens (including phenoxy) is 3. The summed E-state index contributed by atoms with van der Waals surface area (Å²) in [6.07, 6.45) is 0. The molecule has 0 amide bonds. The van der Waals surface area contributed by atoms with Gasteiger partial charge in [-0.25, -0.2) is 4.79 Å². The van der Waals surface area contributed by atoms with Crippen molar-refractivity contribution in [2.45, 2.75) is 19.6 Å². The molecule has 0 atom stereocenters. The molecule has 0 saturated heterocycles. The second kappa shape index (κ2) is 5.80. The van der Waals surface area contributed by atoms with Crippen LogP contribution in [0.15, 0.2) is 54.6 Å². The van der Waals surface area contributed by atoms with E-state index in [0.717, 1.165) is 16.9 Å². The highest BCUT2D eigenvalue weighted by Crippen LogP contribution is 2.37. The van der Waals surface area contributed by atoms with Crippen LogP contribution in [0.3, 0.4) is 0 Å². The van der Waals surface area contributed by atoms with Crippen LogP contribution in [0.25, 0.3) is 11.3 Å². The van der Waals surface area contributed by atoms with Crippen LogP contribution < -0.4 is 4.74 Å². The Morgan fingerprint density at radius 2 is 1.52 bits per heavy atom. The van der Waals surface area contributed by atoms with E-state index in [-0.39, 0.29) is 0 Å². The SMILES string of the molecule is COc1ccc(C2=C(c3ccccc3)OC(C)(C)OC2=O)cc1. The first kappa shape index (κ1) is 15.2. The van der Waals surface area contributed by atoms with Crippen LogP contribution in [-0.4, -0.2) is 18.9 Å². The predicted molar refractivity (Wildman–Crippen MR) is 87.5 cm³/mol. The lowest BCUT2D eigenvalue weighted by atomic mass is 9.99. The molecule has 0 fully saturated rings. The molecular weight excluding hydrogens is 292 g/mol. The average molecular weight is 310 g/mol. The summed E-state index contributed by atoms with van der Waals surface area (Å²) in [6, 6.07) is 16.8. The molecule has 0 saturated carbocycles. The van der Waals surface area contributed by atoms with Gasteiger partial charge in [-0.1, -0.05) is 42.5 Å². The van der Waals surface area contributed by atoms with E-state index < -0.39 is 11.8 Å². The molecule has 0 bridgehead atoms. The van der Waals surface area contributed by atoms with Gasteiger partial charge in [0.05, 0.1) is 7.11 Å². The third-order valence-corrected chi connectivity index (χ3v) is 3.53. The Hall–Kier alpha value is -2.75. The number of methoxy groups -OCH3 is 1. The monoisotopic (exact) mass is 310 g/mol. The molecule has 2 aromatic carbocycles. The van der Waals surface area contributed by atoms with E-state index >= 15 is 0 Å². The van der Waals surface area contributed by atoms with E-state index in [9.17, 15) is 4.79 Å². The van der Waals surface area contributed by atoms with Crippen molar-refractivity contribution in [3.63, 3.8) is 0 Å². The van der Waals surface area contributed by atoms with Gasteiger partial charge < -0.3 is 14.2 Å². The molecule has 4 nitrogen and oxygen atoms in total. The number of cyclic esters (lactones) is 1. The summed E-state index contributed by atoms with van der Waals surface area (Å²) < 4.78 is 16.5. The number of hydrogen-bond donors (Lipinski definition) is 0. The van der Waals surface area contributed by atoms with Crippen molar-refractivity contribution < 1.29 is 19.0 Å². The fraction of sp³-hybridized carbons (Fsp3) is 0.211. The number of carbonyl (C=O) groups excluding carboxylic acids is 1. The van der Waals surface area contributed by atoms with Gasteiger partial charge in [0, 0.05) is 19.4 Å². The van der Waals surface area contributed by atoms with Gasteiger partial charge in [0.15, 0.2) is 0 Å². The minimum absolute atomic E-state index is 0.398. The smallest absolute Gasteiger partial charge is 0.345 e. The van der Waals surface area contributed by atoms with E-state index in [4.69, 9.17) is 14.2 Å². The number of rotatable bonds is 3. The quantitative estimate of drug-likeness (QED) is 0.807. The van der Waals surface area contributed by atoms with Gasteiger partial charge in [-0.3, -0.25) is 0 Å². The van der Waals surface area contributed by atoms with Gasteiger partial charge in [0.1, 0.15) is 17.1 Å². The maximum absolute atomic E-state index is 12.6.